The first-order valence-electron chi connectivity index (χ1n) is 6.85. The quantitative estimate of drug-likeness (QED) is 0.636. The Balaban J connectivity index is 1.83. The van der Waals surface area contributed by atoms with Crippen LogP contribution in [-0.2, 0) is 21.2 Å². The number of anilines is 1. The van der Waals surface area contributed by atoms with Gasteiger partial charge in [-0.15, -0.1) is 11.3 Å². The largest absolute Gasteiger partial charge is 0.476 e. The molecule has 2 rings (SSSR count). The summed E-state index contributed by atoms with van der Waals surface area (Å²) >= 11 is 0.877. The number of carbonyl (C=O) groups excluding carboxylic acids is 1. The number of sulfonamides is 1. The molecule has 1 amide bonds. The van der Waals surface area contributed by atoms with Gasteiger partial charge in [0.05, 0.1) is 17.7 Å². The number of carboxylic acids is 1. The monoisotopic (exact) mass is 369 g/mol. The molecule has 0 aliphatic rings. The minimum absolute atomic E-state index is 0.0573. The van der Waals surface area contributed by atoms with Gasteiger partial charge in [-0.2, -0.15) is 0 Å². The summed E-state index contributed by atoms with van der Waals surface area (Å²) in [5.41, 5.74) is 1.71. The van der Waals surface area contributed by atoms with E-state index in [-0.39, 0.29) is 35.3 Å². The number of aromatic carboxylic acids is 1. The molecule has 24 heavy (non-hydrogen) atoms. The fraction of sp³-hybridized carbons (Fsp3) is 0.214. The van der Waals surface area contributed by atoms with Crippen molar-refractivity contribution < 1.29 is 23.1 Å². The number of hydrogen-bond acceptors (Lipinski definition) is 6. The highest BCUT2D eigenvalue weighted by atomic mass is 32.2. The van der Waals surface area contributed by atoms with Crippen molar-refractivity contribution in [3.05, 3.63) is 47.1 Å². The molecule has 10 heteroatoms. The molecule has 0 atom stereocenters. The molecule has 0 saturated carbocycles. The normalized spacial score (nSPS) is 11.0. The van der Waals surface area contributed by atoms with Gasteiger partial charge in [0, 0.05) is 6.54 Å². The third-order valence-corrected chi connectivity index (χ3v) is 5.05. The van der Waals surface area contributed by atoms with Gasteiger partial charge in [-0.3, -0.25) is 9.52 Å². The number of nitrogens with zero attached hydrogens (tertiary/aromatic N) is 1. The van der Waals surface area contributed by atoms with Crippen LogP contribution in [0.25, 0.3) is 0 Å². The molecule has 1 aromatic carbocycles. The third-order valence-electron chi connectivity index (χ3n) is 2.92. The number of rotatable bonds is 8. The summed E-state index contributed by atoms with van der Waals surface area (Å²) in [4.78, 5) is 26.2. The van der Waals surface area contributed by atoms with E-state index in [9.17, 15) is 18.0 Å². The summed E-state index contributed by atoms with van der Waals surface area (Å²) in [6.07, 6.45) is 0.159. The summed E-state index contributed by atoms with van der Waals surface area (Å²) in [5.74, 6) is -1.98. The van der Waals surface area contributed by atoms with Crippen molar-refractivity contribution in [2.75, 3.05) is 17.0 Å². The summed E-state index contributed by atoms with van der Waals surface area (Å²) in [6, 6.07) is 9.06. The lowest BCUT2D eigenvalue weighted by atomic mass is 10.1. The van der Waals surface area contributed by atoms with Crippen molar-refractivity contribution in [3.8, 4) is 0 Å². The summed E-state index contributed by atoms with van der Waals surface area (Å²) in [6.45, 7) is -0.0811. The number of nitrogens with one attached hydrogen (secondary N) is 2. The maximum atomic E-state index is 11.9. The van der Waals surface area contributed by atoms with Crippen LogP contribution in [0.5, 0.6) is 0 Å². The molecule has 2 aromatic rings. The zero-order chi connectivity index (χ0) is 17.6. The molecule has 8 nitrogen and oxygen atoms in total. The molecular formula is C14H15N3O5S2. The Morgan fingerprint density at radius 1 is 1.21 bits per heavy atom. The van der Waals surface area contributed by atoms with Crippen molar-refractivity contribution >= 4 is 38.2 Å². The lowest BCUT2D eigenvalue weighted by molar-refractivity contribution is -0.120. The van der Waals surface area contributed by atoms with E-state index in [1.54, 1.807) is 12.1 Å². The SMILES string of the molecule is O=C(Cc1ccccc1)NCCS(=O)(=O)Nc1scnc1C(=O)O. The summed E-state index contributed by atoms with van der Waals surface area (Å²) in [7, 11) is -3.79. The van der Waals surface area contributed by atoms with E-state index in [0.717, 1.165) is 16.9 Å². The molecule has 0 spiro atoms. The molecule has 0 radical (unpaired) electrons. The van der Waals surface area contributed by atoms with E-state index in [1.807, 2.05) is 18.2 Å². The van der Waals surface area contributed by atoms with Crippen LogP contribution in [0.1, 0.15) is 16.1 Å². The predicted molar refractivity (Wildman–Crippen MR) is 89.6 cm³/mol. The van der Waals surface area contributed by atoms with Crippen molar-refractivity contribution in [2.45, 2.75) is 6.42 Å². The highest BCUT2D eigenvalue weighted by molar-refractivity contribution is 7.92. The average molecular weight is 369 g/mol. The minimum Gasteiger partial charge on any atom is -0.476 e. The number of carbonyl (C=O) groups is 2. The fourth-order valence-electron chi connectivity index (χ4n) is 1.83. The van der Waals surface area contributed by atoms with Crippen LogP contribution in [0.3, 0.4) is 0 Å². The van der Waals surface area contributed by atoms with Crippen LogP contribution in [0, 0.1) is 0 Å². The molecule has 0 unspecified atom stereocenters. The Morgan fingerprint density at radius 3 is 2.58 bits per heavy atom. The zero-order valence-electron chi connectivity index (χ0n) is 12.4. The first kappa shape index (κ1) is 17.9. The van der Waals surface area contributed by atoms with E-state index >= 15 is 0 Å². The third kappa shape index (κ3) is 5.32. The highest BCUT2D eigenvalue weighted by Gasteiger charge is 2.19. The van der Waals surface area contributed by atoms with Gasteiger partial charge in [0.1, 0.15) is 5.00 Å². The standard InChI is InChI=1S/C14H15N3O5S2/c18-11(8-10-4-2-1-3-5-10)15-6-7-24(21,22)17-13-12(14(19)20)16-9-23-13/h1-5,9,17H,6-8H2,(H,15,18)(H,19,20). The molecular weight excluding hydrogens is 354 g/mol. The summed E-state index contributed by atoms with van der Waals surface area (Å²) in [5, 5.41) is 11.4. The Labute approximate surface area is 142 Å². The van der Waals surface area contributed by atoms with Gasteiger partial charge in [-0.1, -0.05) is 30.3 Å². The average Bonchev–Trinajstić information content (AvgIpc) is 2.95. The maximum Gasteiger partial charge on any atom is 0.357 e. The maximum absolute atomic E-state index is 11.9. The van der Waals surface area contributed by atoms with Gasteiger partial charge < -0.3 is 10.4 Å². The molecule has 128 valence electrons. The molecule has 0 fully saturated rings. The van der Waals surface area contributed by atoms with Gasteiger partial charge in [-0.25, -0.2) is 18.2 Å². The molecule has 1 heterocycles. The molecule has 1 aromatic heterocycles. The minimum atomic E-state index is -3.79. The summed E-state index contributed by atoms with van der Waals surface area (Å²) < 4.78 is 26.0. The Bertz CT molecular complexity index is 818. The first-order chi connectivity index (χ1) is 11.4. The van der Waals surface area contributed by atoms with E-state index in [0.29, 0.717) is 0 Å². The van der Waals surface area contributed by atoms with E-state index in [2.05, 4.69) is 15.0 Å². The van der Waals surface area contributed by atoms with Crippen LogP contribution >= 0.6 is 11.3 Å². The fourth-order valence-corrected chi connectivity index (χ4v) is 3.77. The Morgan fingerprint density at radius 2 is 1.92 bits per heavy atom. The number of amides is 1. The molecule has 0 aliphatic heterocycles. The topological polar surface area (TPSA) is 125 Å². The number of carboxylic acid groups (broad SMARTS) is 1. The second kappa shape index (κ2) is 7.88. The van der Waals surface area contributed by atoms with Gasteiger partial charge in [0.25, 0.3) is 0 Å². The van der Waals surface area contributed by atoms with Crippen LogP contribution in [-0.4, -0.2) is 42.7 Å². The van der Waals surface area contributed by atoms with E-state index < -0.39 is 16.0 Å². The van der Waals surface area contributed by atoms with Crippen molar-refractivity contribution in [3.63, 3.8) is 0 Å². The lowest BCUT2D eigenvalue weighted by Crippen LogP contribution is -2.32. The molecule has 0 aliphatic carbocycles. The van der Waals surface area contributed by atoms with Crippen LogP contribution in [0.2, 0.25) is 0 Å². The molecule has 0 saturated heterocycles. The Kier molecular flexibility index (Phi) is 5.88. The van der Waals surface area contributed by atoms with Gasteiger partial charge in [0.15, 0.2) is 5.69 Å². The molecule has 0 bridgehead atoms. The second-order valence-corrected chi connectivity index (χ2v) is 7.47. The van der Waals surface area contributed by atoms with Crippen molar-refractivity contribution in [1.29, 1.82) is 0 Å². The van der Waals surface area contributed by atoms with Crippen molar-refractivity contribution in [1.82, 2.24) is 10.3 Å². The van der Waals surface area contributed by atoms with Gasteiger partial charge in [-0.05, 0) is 5.56 Å². The number of hydrogen-bond donors (Lipinski definition) is 3. The predicted octanol–water partition coefficient (Wildman–Crippen LogP) is 0.942. The van der Waals surface area contributed by atoms with E-state index in [4.69, 9.17) is 5.11 Å². The van der Waals surface area contributed by atoms with Gasteiger partial charge in [0.2, 0.25) is 15.9 Å². The number of aromatic nitrogens is 1. The number of thiazole rings is 1. The van der Waals surface area contributed by atoms with Crippen LogP contribution in [0.15, 0.2) is 35.8 Å². The van der Waals surface area contributed by atoms with Crippen LogP contribution < -0.4 is 10.0 Å². The zero-order valence-corrected chi connectivity index (χ0v) is 14.1. The first-order valence-corrected chi connectivity index (χ1v) is 9.38. The molecule has 3 N–H and O–H groups in total. The Hall–Kier alpha value is -2.46. The van der Waals surface area contributed by atoms with E-state index in [1.165, 1.54) is 5.51 Å². The highest BCUT2D eigenvalue weighted by Crippen LogP contribution is 2.21. The van der Waals surface area contributed by atoms with Crippen molar-refractivity contribution in [2.24, 2.45) is 0 Å². The van der Waals surface area contributed by atoms with Gasteiger partial charge >= 0.3 is 5.97 Å². The lowest BCUT2D eigenvalue weighted by Gasteiger charge is -2.08. The second-order valence-electron chi connectivity index (χ2n) is 4.77. The van der Waals surface area contributed by atoms with Crippen LogP contribution in [0.4, 0.5) is 5.00 Å². The smallest absolute Gasteiger partial charge is 0.357 e. The number of benzene rings is 1.